The van der Waals surface area contributed by atoms with E-state index in [-0.39, 0.29) is 11.3 Å². The summed E-state index contributed by atoms with van der Waals surface area (Å²) in [6, 6.07) is 3.12. The summed E-state index contributed by atoms with van der Waals surface area (Å²) >= 11 is 0. The van der Waals surface area contributed by atoms with E-state index in [2.05, 4.69) is 4.74 Å². The maximum absolute atomic E-state index is 13.0. The molecule has 17 heavy (non-hydrogen) atoms. The lowest BCUT2D eigenvalue weighted by molar-refractivity contribution is -0.189. The molecule has 0 spiro atoms. The molecule has 0 bridgehead atoms. The molecule has 3 nitrogen and oxygen atoms in total. The van der Waals surface area contributed by atoms with E-state index in [1.165, 1.54) is 6.07 Å². The molecule has 0 aliphatic carbocycles. The van der Waals surface area contributed by atoms with Crippen LogP contribution in [-0.2, 0) is 0 Å². The summed E-state index contributed by atoms with van der Waals surface area (Å²) in [5.74, 6) is -1.27. The summed E-state index contributed by atoms with van der Waals surface area (Å²) in [6.07, 6.45) is -6.69. The van der Waals surface area contributed by atoms with Crippen LogP contribution in [-0.4, -0.2) is 12.3 Å². The van der Waals surface area contributed by atoms with Crippen LogP contribution >= 0.6 is 0 Å². The minimum Gasteiger partial charge on any atom is -0.480 e. The van der Waals surface area contributed by atoms with Crippen LogP contribution < -0.4 is 10.5 Å². The van der Waals surface area contributed by atoms with Gasteiger partial charge in [-0.05, 0) is 13.0 Å². The second-order valence-electron chi connectivity index (χ2n) is 3.28. The Hall–Kier alpha value is -1.97. The third-order valence-electron chi connectivity index (χ3n) is 1.98. The number of nitriles is 1. The summed E-state index contributed by atoms with van der Waals surface area (Å²) in [7, 11) is 0. The van der Waals surface area contributed by atoms with Crippen molar-refractivity contribution in [2.45, 2.75) is 19.2 Å². The molecule has 0 aliphatic rings. The molecule has 92 valence electrons. The fraction of sp³-hybridized carbons (Fsp3) is 0.300. The van der Waals surface area contributed by atoms with Gasteiger partial charge in [-0.1, -0.05) is 0 Å². The molecule has 0 aromatic heterocycles. The van der Waals surface area contributed by atoms with Crippen molar-refractivity contribution in [1.82, 2.24) is 0 Å². The Morgan fingerprint density at radius 1 is 1.41 bits per heavy atom. The first-order chi connectivity index (χ1) is 7.75. The van der Waals surface area contributed by atoms with Gasteiger partial charge in [0.05, 0.1) is 11.3 Å². The lowest BCUT2D eigenvalue weighted by atomic mass is 10.2. The van der Waals surface area contributed by atoms with Crippen LogP contribution in [0.4, 0.5) is 23.2 Å². The summed E-state index contributed by atoms with van der Waals surface area (Å²) in [5, 5.41) is 8.63. The van der Waals surface area contributed by atoms with Gasteiger partial charge in [0.15, 0.2) is 6.10 Å². The predicted octanol–water partition coefficient (Wildman–Crippen LogP) is 2.61. The van der Waals surface area contributed by atoms with Crippen LogP contribution in [0.5, 0.6) is 5.75 Å². The molecule has 0 saturated heterocycles. The van der Waals surface area contributed by atoms with Gasteiger partial charge in [-0.25, -0.2) is 4.39 Å². The van der Waals surface area contributed by atoms with Gasteiger partial charge in [0, 0.05) is 6.07 Å². The fourth-order valence-corrected chi connectivity index (χ4v) is 1.01. The van der Waals surface area contributed by atoms with Gasteiger partial charge < -0.3 is 10.5 Å². The zero-order chi connectivity index (χ0) is 13.2. The molecule has 2 N–H and O–H groups in total. The van der Waals surface area contributed by atoms with Crippen LogP contribution in [0.1, 0.15) is 12.5 Å². The van der Waals surface area contributed by atoms with E-state index in [0.717, 1.165) is 19.1 Å². The van der Waals surface area contributed by atoms with Crippen molar-refractivity contribution in [3.63, 3.8) is 0 Å². The fourth-order valence-electron chi connectivity index (χ4n) is 1.01. The van der Waals surface area contributed by atoms with Crippen molar-refractivity contribution in [2.75, 3.05) is 5.73 Å². The zero-order valence-corrected chi connectivity index (χ0v) is 8.68. The third kappa shape index (κ3) is 3.00. The number of ether oxygens (including phenoxy) is 1. The Morgan fingerprint density at radius 3 is 2.47 bits per heavy atom. The number of rotatable bonds is 2. The van der Waals surface area contributed by atoms with Gasteiger partial charge in [-0.2, -0.15) is 18.4 Å². The second-order valence-corrected chi connectivity index (χ2v) is 3.28. The van der Waals surface area contributed by atoms with Crippen LogP contribution in [0.3, 0.4) is 0 Å². The standard InChI is InChI=1S/C10H8F4N2O/c1-5(10(12,13)14)17-9-3-8(16)7(11)2-6(9)4-15/h2-3,5H,16H2,1H3/t5-/m0/s1. The topological polar surface area (TPSA) is 59.0 Å². The summed E-state index contributed by atoms with van der Waals surface area (Å²) < 4.78 is 54.2. The molecule has 7 heteroatoms. The van der Waals surface area contributed by atoms with Crippen LogP contribution in [0.15, 0.2) is 12.1 Å². The van der Waals surface area contributed by atoms with E-state index < -0.39 is 23.8 Å². The molecule has 0 radical (unpaired) electrons. The lowest BCUT2D eigenvalue weighted by Crippen LogP contribution is -2.31. The third-order valence-corrected chi connectivity index (χ3v) is 1.98. The molecule has 0 amide bonds. The van der Waals surface area contributed by atoms with Crippen LogP contribution in [0.2, 0.25) is 0 Å². The smallest absolute Gasteiger partial charge is 0.425 e. The van der Waals surface area contributed by atoms with E-state index in [0.29, 0.717) is 0 Å². The maximum Gasteiger partial charge on any atom is 0.425 e. The highest BCUT2D eigenvalue weighted by Crippen LogP contribution is 2.29. The molecule has 0 aliphatic heterocycles. The number of halogens is 4. The number of nitrogens with zero attached hydrogens (tertiary/aromatic N) is 1. The van der Waals surface area contributed by atoms with Crippen molar-refractivity contribution in [2.24, 2.45) is 0 Å². The van der Waals surface area contributed by atoms with E-state index in [1.54, 1.807) is 0 Å². The number of benzene rings is 1. The van der Waals surface area contributed by atoms with Gasteiger partial charge in [0.2, 0.25) is 0 Å². The first-order valence-electron chi connectivity index (χ1n) is 4.48. The summed E-state index contributed by atoms with van der Waals surface area (Å²) in [5.41, 5.74) is 4.46. The minimum absolute atomic E-state index is 0.340. The highest BCUT2D eigenvalue weighted by atomic mass is 19.4. The minimum atomic E-state index is -4.57. The van der Waals surface area contributed by atoms with Crippen LogP contribution in [0, 0.1) is 17.1 Å². The quantitative estimate of drug-likeness (QED) is 0.646. The number of nitrogens with two attached hydrogens (primary N) is 1. The normalized spacial score (nSPS) is 12.9. The van der Waals surface area contributed by atoms with Crippen molar-refractivity contribution in [1.29, 1.82) is 5.26 Å². The van der Waals surface area contributed by atoms with Crippen molar-refractivity contribution < 1.29 is 22.3 Å². The van der Waals surface area contributed by atoms with Crippen molar-refractivity contribution in [3.05, 3.63) is 23.5 Å². The van der Waals surface area contributed by atoms with Gasteiger partial charge in [0.1, 0.15) is 17.6 Å². The number of alkyl halides is 3. The highest BCUT2D eigenvalue weighted by Gasteiger charge is 2.38. The zero-order valence-electron chi connectivity index (χ0n) is 8.68. The Labute approximate surface area is 94.4 Å². The molecule has 1 aromatic carbocycles. The molecular formula is C10H8F4N2O. The van der Waals surface area contributed by atoms with E-state index >= 15 is 0 Å². The Balaban J connectivity index is 3.07. The van der Waals surface area contributed by atoms with Gasteiger partial charge in [0.25, 0.3) is 0 Å². The average Bonchev–Trinajstić information content (AvgIpc) is 2.21. The number of hydrogen-bond acceptors (Lipinski definition) is 3. The monoisotopic (exact) mass is 248 g/mol. The maximum atomic E-state index is 13.0. The SMILES string of the molecule is C[C@H](Oc1cc(N)c(F)cc1C#N)C(F)(F)F. The van der Waals surface area contributed by atoms with Crippen molar-refractivity contribution in [3.8, 4) is 11.8 Å². The van der Waals surface area contributed by atoms with Gasteiger partial charge >= 0.3 is 6.18 Å². The molecule has 0 fully saturated rings. The molecule has 1 atom stereocenters. The molecule has 0 saturated carbocycles. The second kappa shape index (κ2) is 4.49. The summed E-state index contributed by atoms with van der Waals surface area (Å²) in [4.78, 5) is 0. The first-order valence-corrected chi connectivity index (χ1v) is 4.48. The number of nitrogen functional groups attached to an aromatic ring is 1. The molecule has 1 rings (SSSR count). The molecule has 0 unspecified atom stereocenters. The van der Waals surface area contributed by atoms with E-state index in [4.69, 9.17) is 11.0 Å². The Bertz CT molecular complexity index is 465. The van der Waals surface area contributed by atoms with Gasteiger partial charge in [-0.15, -0.1) is 0 Å². The Kier molecular flexibility index (Phi) is 3.46. The summed E-state index contributed by atoms with van der Waals surface area (Å²) in [6.45, 7) is 0.778. The van der Waals surface area contributed by atoms with Crippen molar-refractivity contribution >= 4 is 5.69 Å². The molecule has 1 aromatic rings. The first kappa shape index (κ1) is 13.1. The van der Waals surface area contributed by atoms with Gasteiger partial charge in [-0.3, -0.25) is 0 Å². The molecule has 0 heterocycles. The Morgan fingerprint density at radius 2 is 2.00 bits per heavy atom. The average molecular weight is 248 g/mol. The molecular weight excluding hydrogens is 240 g/mol. The number of hydrogen-bond donors (Lipinski definition) is 1. The number of anilines is 1. The lowest BCUT2D eigenvalue weighted by Gasteiger charge is -2.18. The van der Waals surface area contributed by atoms with E-state index in [1.807, 2.05) is 0 Å². The highest BCUT2D eigenvalue weighted by molar-refractivity contribution is 5.54. The predicted molar refractivity (Wildman–Crippen MR) is 51.7 cm³/mol. The van der Waals surface area contributed by atoms with Crippen LogP contribution in [0.25, 0.3) is 0 Å². The largest absolute Gasteiger partial charge is 0.480 e. The van der Waals surface area contributed by atoms with E-state index in [9.17, 15) is 17.6 Å².